The van der Waals surface area contributed by atoms with Crippen molar-refractivity contribution in [3.63, 3.8) is 0 Å². The van der Waals surface area contributed by atoms with Gasteiger partial charge in [-0.2, -0.15) is 0 Å². The second kappa shape index (κ2) is 6.64. The maximum atomic E-state index is 12.9. The monoisotopic (exact) mass is 306 g/mol. The van der Waals surface area contributed by atoms with Gasteiger partial charge >= 0.3 is 0 Å². The van der Waals surface area contributed by atoms with E-state index in [1.165, 1.54) is 29.9 Å². The molecule has 1 aliphatic carbocycles. The van der Waals surface area contributed by atoms with E-state index < -0.39 is 0 Å². The molecule has 0 radical (unpaired) electrons. The Hall–Kier alpha value is -1.30. The van der Waals surface area contributed by atoms with E-state index in [2.05, 4.69) is 10.3 Å². The van der Waals surface area contributed by atoms with Crippen molar-refractivity contribution < 1.29 is 9.13 Å². The predicted octanol–water partition coefficient (Wildman–Crippen LogP) is 3.27. The predicted molar refractivity (Wildman–Crippen MR) is 81.9 cm³/mol. The van der Waals surface area contributed by atoms with Crippen molar-refractivity contribution in [3.8, 4) is 0 Å². The fourth-order valence-electron chi connectivity index (χ4n) is 2.20. The summed E-state index contributed by atoms with van der Waals surface area (Å²) in [6.45, 7) is 1.41. The minimum atomic E-state index is -0.202. The van der Waals surface area contributed by atoms with Crippen LogP contribution in [0.5, 0.6) is 0 Å². The summed E-state index contributed by atoms with van der Waals surface area (Å²) in [5.74, 6) is -0.202. The second-order valence-corrected chi connectivity index (χ2v) is 6.54. The first kappa shape index (κ1) is 14.6. The van der Waals surface area contributed by atoms with E-state index in [1.54, 1.807) is 18.4 Å². The van der Waals surface area contributed by atoms with E-state index in [0.717, 1.165) is 29.2 Å². The van der Waals surface area contributed by atoms with E-state index in [0.29, 0.717) is 12.6 Å². The van der Waals surface area contributed by atoms with Crippen LogP contribution >= 0.6 is 11.3 Å². The van der Waals surface area contributed by atoms with Crippen LogP contribution in [0.3, 0.4) is 0 Å². The molecule has 0 atom stereocenters. The van der Waals surface area contributed by atoms with Crippen LogP contribution in [0.2, 0.25) is 0 Å². The average Bonchev–Trinajstić information content (AvgIpc) is 3.23. The standard InChI is InChI=1S/C16H19FN2OS/c1-20-10-14-15(9-18-13-6-7-13)21-16(19-14)8-11-2-4-12(17)5-3-11/h2-5,13,18H,6-10H2,1H3. The molecule has 0 bridgehead atoms. The van der Waals surface area contributed by atoms with E-state index in [4.69, 9.17) is 4.74 Å². The first-order chi connectivity index (χ1) is 10.2. The van der Waals surface area contributed by atoms with Crippen molar-refractivity contribution in [2.24, 2.45) is 0 Å². The van der Waals surface area contributed by atoms with Gasteiger partial charge in [-0.25, -0.2) is 9.37 Å². The number of thiazole rings is 1. The van der Waals surface area contributed by atoms with Crippen molar-refractivity contribution >= 4 is 11.3 Å². The molecule has 0 saturated heterocycles. The summed E-state index contributed by atoms with van der Waals surface area (Å²) in [6, 6.07) is 7.30. The molecule has 5 heteroatoms. The van der Waals surface area contributed by atoms with Gasteiger partial charge < -0.3 is 10.1 Å². The largest absolute Gasteiger partial charge is 0.378 e. The number of nitrogens with one attached hydrogen (secondary N) is 1. The van der Waals surface area contributed by atoms with Gasteiger partial charge in [0, 0.05) is 31.0 Å². The number of methoxy groups -OCH3 is 1. The van der Waals surface area contributed by atoms with Crippen LogP contribution < -0.4 is 5.32 Å². The molecule has 0 aliphatic heterocycles. The van der Waals surface area contributed by atoms with Crippen molar-refractivity contribution in [1.29, 1.82) is 0 Å². The number of halogens is 1. The maximum Gasteiger partial charge on any atom is 0.123 e. The Balaban J connectivity index is 1.71. The fourth-order valence-corrected chi connectivity index (χ4v) is 3.26. The minimum absolute atomic E-state index is 0.202. The Morgan fingerprint density at radius 2 is 2.10 bits per heavy atom. The molecule has 112 valence electrons. The normalized spacial score (nSPS) is 14.6. The zero-order valence-corrected chi connectivity index (χ0v) is 12.9. The van der Waals surface area contributed by atoms with Gasteiger partial charge in [0.05, 0.1) is 17.3 Å². The summed E-state index contributed by atoms with van der Waals surface area (Å²) in [4.78, 5) is 5.93. The lowest BCUT2D eigenvalue weighted by Gasteiger charge is -2.02. The van der Waals surface area contributed by atoms with Gasteiger partial charge in [-0.05, 0) is 30.5 Å². The molecule has 1 N–H and O–H groups in total. The molecule has 21 heavy (non-hydrogen) atoms. The first-order valence-electron chi connectivity index (χ1n) is 7.19. The number of benzene rings is 1. The Labute approximate surface area is 128 Å². The smallest absolute Gasteiger partial charge is 0.123 e. The number of aromatic nitrogens is 1. The highest BCUT2D eigenvalue weighted by Crippen LogP contribution is 2.25. The molecule has 0 spiro atoms. The van der Waals surface area contributed by atoms with Crippen molar-refractivity contribution in [2.45, 2.75) is 38.5 Å². The lowest BCUT2D eigenvalue weighted by Crippen LogP contribution is -2.15. The molecule has 3 nitrogen and oxygen atoms in total. The molecule has 1 saturated carbocycles. The average molecular weight is 306 g/mol. The molecular weight excluding hydrogens is 287 g/mol. The molecule has 3 rings (SSSR count). The summed E-state index contributed by atoms with van der Waals surface area (Å²) in [5.41, 5.74) is 2.10. The topological polar surface area (TPSA) is 34.1 Å². The molecule has 1 aromatic heterocycles. The summed E-state index contributed by atoms with van der Waals surface area (Å²) in [6.07, 6.45) is 3.30. The summed E-state index contributed by atoms with van der Waals surface area (Å²) in [5, 5.41) is 4.58. The second-order valence-electron chi connectivity index (χ2n) is 5.37. The Morgan fingerprint density at radius 1 is 1.33 bits per heavy atom. The molecule has 1 heterocycles. The third-order valence-electron chi connectivity index (χ3n) is 3.50. The van der Waals surface area contributed by atoms with E-state index in [1.807, 2.05) is 12.1 Å². The van der Waals surface area contributed by atoms with Gasteiger partial charge in [-0.3, -0.25) is 0 Å². The number of hydrogen-bond acceptors (Lipinski definition) is 4. The zero-order valence-electron chi connectivity index (χ0n) is 12.1. The SMILES string of the molecule is COCc1nc(Cc2ccc(F)cc2)sc1CNC1CC1. The van der Waals surface area contributed by atoms with Crippen LogP contribution in [-0.2, 0) is 24.3 Å². The van der Waals surface area contributed by atoms with Crippen molar-refractivity contribution in [1.82, 2.24) is 10.3 Å². The molecule has 1 fully saturated rings. The summed E-state index contributed by atoms with van der Waals surface area (Å²) in [7, 11) is 1.69. The maximum absolute atomic E-state index is 12.9. The molecular formula is C16H19FN2OS. The van der Waals surface area contributed by atoms with Crippen LogP contribution in [0.25, 0.3) is 0 Å². The molecule has 1 aromatic carbocycles. The molecule has 1 aliphatic rings. The van der Waals surface area contributed by atoms with Crippen LogP contribution in [0.15, 0.2) is 24.3 Å². The number of rotatable bonds is 7. The van der Waals surface area contributed by atoms with Crippen LogP contribution in [0.1, 0.15) is 34.0 Å². The number of hydrogen-bond donors (Lipinski definition) is 1. The van der Waals surface area contributed by atoms with Crippen molar-refractivity contribution in [3.05, 3.63) is 51.2 Å². The molecule has 0 amide bonds. The van der Waals surface area contributed by atoms with E-state index >= 15 is 0 Å². The Bertz CT molecular complexity index is 593. The number of ether oxygens (including phenoxy) is 1. The highest BCUT2D eigenvalue weighted by atomic mass is 32.1. The van der Waals surface area contributed by atoms with Gasteiger partial charge in [0.25, 0.3) is 0 Å². The molecule has 0 unspecified atom stereocenters. The van der Waals surface area contributed by atoms with E-state index in [-0.39, 0.29) is 5.82 Å². The van der Waals surface area contributed by atoms with E-state index in [9.17, 15) is 4.39 Å². The highest BCUT2D eigenvalue weighted by Gasteiger charge is 2.21. The Morgan fingerprint density at radius 3 is 2.76 bits per heavy atom. The zero-order chi connectivity index (χ0) is 14.7. The fraction of sp³-hybridized carbons (Fsp3) is 0.438. The third kappa shape index (κ3) is 4.09. The first-order valence-corrected chi connectivity index (χ1v) is 8.00. The van der Waals surface area contributed by atoms with Crippen LogP contribution in [-0.4, -0.2) is 18.1 Å². The lowest BCUT2D eigenvalue weighted by molar-refractivity contribution is 0.181. The van der Waals surface area contributed by atoms with Gasteiger partial charge in [-0.15, -0.1) is 11.3 Å². The third-order valence-corrected chi connectivity index (χ3v) is 4.60. The quantitative estimate of drug-likeness (QED) is 0.852. The summed E-state index contributed by atoms with van der Waals surface area (Å²) >= 11 is 1.72. The lowest BCUT2D eigenvalue weighted by atomic mass is 10.1. The van der Waals surface area contributed by atoms with Gasteiger partial charge in [0.15, 0.2) is 0 Å². The minimum Gasteiger partial charge on any atom is -0.378 e. The molecule has 2 aromatic rings. The highest BCUT2D eigenvalue weighted by molar-refractivity contribution is 7.11. The van der Waals surface area contributed by atoms with Gasteiger partial charge in [0.2, 0.25) is 0 Å². The van der Waals surface area contributed by atoms with Gasteiger partial charge in [-0.1, -0.05) is 12.1 Å². The van der Waals surface area contributed by atoms with Crippen LogP contribution in [0, 0.1) is 5.82 Å². The number of nitrogens with zero attached hydrogens (tertiary/aromatic N) is 1. The van der Waals surface area contributed by atoms with Crippen molar-refractivity contribution in [2.75, 3.05) is 7.11 Å². The summed E-state index contributed by atoms with van der Waals surface area (Å²) < 4.78 is 18.2. The Kier molecular flexibility index (Phi) is 4.63. The van der Waals surface area contributed by atoms with Crippen LogP contribution in [0.4, 0.5) is 4.39 Å². The van der Waals surface area contributed by atoms with Gasteiger partial charge in [0.1, 0.15) is 5.82 Å².